The first-order chi connectivity index (χ1) is 10.7. The Morgan fingerprint density at radius 1 is 1.14 bits per heavy atom. The largest absolute Gasteiger partial charge is 0.504 e. The number of methoxy groups -OCH3 is 2. The summed E-state index contributed by atoms with van der Waals surface area (Å²) in [7, 11) is 2.89. The zero-order valence-corrected chi connectivity index (χ0v) is 12.5. The van der Waals surface area contributed by atoms with Crippen LogP contribution in [0, 0.1) is 0 Å². The summed E-state index contributed by atoms with van der Waals surface area (Å²) in [6.07, 6.45) is 0. The summed E-state index contributed by atoms with van der Waals surface area (Å²) in [5.74, 6) is -0.0339. The molecule has 5 heteroatoms. The fourth-order valence-electron chi connectivity index (χ4n) is 2.05. The minimum absolute atomic E-state index is 0.0248. The molecule has 116 valence electrons. The fraction of sp³-hybridized carbons (Fsp3) is 0.235. The molecule has 2 aromatic carbocycles. The Bertz CT molecular complexity index is 638. The lowest BCUT2D eigenvalue weighted by Crippen LogP contribution is -2.21. The molecule has 0 aliphatic carbocycles. The second kappa shape index (κ2) is 7.36. The lowest BCUT2D eigenvalue weighted by molar-refractivity contribution is -0.143. The molecule has 1 atom stereocenters. The van der Waals surface area contributed by atoms with Gasteiger partial charge < -0.3 is 19.3 Å². The molecule has 1 unspecified atom stereocenters. The van der Waals surface area contributed by atoms with E-state index in [0.717, 1.165) is 5.56 Å². The Kier molecular flexibility index (Phi) is 5.25. The number of ether oxygens (including phenoxy) is 3. The van der Waals surface area contributed by atoms with E-state index in [0.29, 0.717) is 11.5 Å². The van der Waals surface area contributed by atoms with Crippen molar-refractivity contribution in [1.82, 2.24) is 0 Å². The van der Waals surface area contributed by atoms with Crippen LogP contribution in [0.1, 0.15) is 11.5 Å². The maximum absolute atomic E-state index is 12.0. The highest BCUT2D eigenvalue weighted by atomic mass is 16.5. The molecule has 0 aromatic heterocycles. The van der Waals surface area contributed by atoms with Crippen LogP contribution in [0.4, 0.5) is 0 Å². The highest BCUT2D eigenvalue weighted by molar-refractivity contribution is 5.78. The SMILES string of the molecule is COC(=O)C(COc1ccccc1O)c1cccc(OC)c1. The molecule has 5 nitrogen and oxygen atoms in total. The zero-order valence-electron chi connectivity index (χ0n) is 12.5. The number of esters is 1. The van der Waals surface area contributed by atoms with Gasteiger partial charge >= 0.3 is 5.97 Å². The average molecular weight is 302 g/mol. The standard InChI is InChI=1S/C17H18O5/c1-20-13-7-5-6-12(10-13)14(17(19)21-2)11-22-16-9-4-3-8-15(16)18/h3-10,14,18H,11H2,1-2H3. The predicted octanol–water partition coefficient (Wildman–Crippen LogP) is 2.74. The molecule has 2 rings (SSSR count). The molecular formula is C17H18O5. The van der Waals surface area contributed by atoms with Crippen LogP contribution >= 0.6 is 0 Å². The molecule has 0 aliphatic heterocycles. The van der Waals surface area contributed by atoms with Crippen molar-refractivity contribution in [1.29, 1.82) is 0 Å². The summed E-state index contributed by atoms with van der Waals surface area (Å²) in [4.78, 5) is 12.0. The number of phenols is 1. The number of phenolic OH excluding ortho intramolecular Hbond substituents is 1. The monoisotopic (exact) mass is 302 g/mol. The Balaban J connectivity index is 2.19. The van der Waals surface area contributed by atoms with Crippen LogP contribution in [-0.4, -0.2) is 31.9 Å². The lowest BCUT2D eigenvalue weighted by atomic mass is 10.00. The summed E-state index contributed by atoms with van der Waals surface area (Å²) in [5, 5.41) is 9.71. The molecule has 0 bridgehead atoms. The van der Waals surface area contributed by atoms with E-state index in [1.807, 2.05) is 0 Å². The molecule has 0 saturated carbocycles. The second-order valence-corrected chi connectivity index (χ2v) is 4.63. The van der Waals surface area contributed by atoms with Crippen molar-refractivity contribution >= 4 is 5.97 Å². The Labute approximate surface area is 129 Å². The number of hydrogen-bond acceptors (Lipinski definition) is 5. The van der Waals surface area contributed by atoms with Crippen LogP contribution in [0.2, 0.25) is 0 Å². The maximum Gasteiger partial charge on any atom is 0.316 e. The number of para-hydroxylation sites is 2. The quantitative estimate of drug-likeness (QED) is 0.831. The molecule has 22 heavy (non-hydrogen) atoms. The summed E-state index contributed by atoms with van der Waals surface area (Å²) in [6, 6.07) is 13.7. The molecule has 0 heterocycles. The van der Waals surface area contributed by atoms with E-state index in [2.05, 4.69) is 0 Å². The van der Waals surface area contributed by atoms with Crippen LogP contribution in [0.15, 0.2) is 48.5 Å². The first-order valence-corrected chi connectivity index (χ1v) is 6.78. The van der Waals surface area contributed by atoms with Gasteiger partial charge in [0.15, 0.2) is 11.5 Å². The Hall–Kier alpha value is -2.69. The molecular weight excluding hydrogens is 284 g/mol. The van der Waals surface area contributed by atoms with Gasteiger partial charge in [0, 0.05) is 0 Å². The molecule has 0 fully saturated rings. The van der Waals surface area contributed by atoms with E-state index in [4.69, 9.17) is 14.2 Å². The molecule has 0 saturated heterocycles. The van der Waals surface area contributed by atoms with Gasteiger partial charge in [-0.3, -0.25) is 4.79 Å². The van der Waals surface area contributed by atoms with Crippen molar-refractivity contribution in [3.63, 3.8) is 0 Å². The van der Waals surface area contributed by atoms with Gasteiger partial charge in [-0.25, -0.2) is 0 Å². The molecule has 1 N–H and O–H groups in total. The number of rotatable bonds is 6. The minimum Gasteiger partial charge on any atom is -0.504 e. The fourth-order valence-corrected chi connectivity index (χ4v) is 2.05. The number of hydrogen-bond donors (Lipinski definition) is 1. The van der Waals surface area contributed by atoms with Crippen molar-refractivity contribution in [2.24, 2.45) is 0 Å². The van der Waals surface area contributed by atoms with Gasteiger partial charge in [-0.1, -0.05) is 24.3 Å². The normalized spacial score (nSPS) is 11.5. The average Bonchev–Trinajstić information content (AvgIpc) is 2.56. The first-order valence-electron chi connectivity index (χ1n) is 6.78. The maximum atomic E-state index is 12.0. The first kappa shape index (κ1) is 15.7. The van der Waals surface area contributed by atoms with Gasteiger partial charge in [0.1, 0.15) is 18.3 Å². The second-order valence-electron chi connectivity index (χ2n) is 4.63. The molecule has 0 radical (unpaired) electrons. The van der Waals surface area contributed by atoms with E-state index < -0.39 is 11.9 Å². The van der Waals surface area contributed by atoms with Gasteiger partial charge in [0.2, 0.25) is 0 Å². The van der Waals surface area contributed by atoms with Gasteiger partial charge in [0.05, 0.1) is 14.2 Å². The third-order valence-corrected chi connectivity index (χ3v) is 3.25. The van der Waals surface area contributed by atoms with Crippen molar-refractivity contribution in [2.75, 3.05) is 20.8 Å². The lowest BCUT2D eigenvalue weighted by Gasteiger charge is -2.17. The summed E-state index contributed by atoms with van der Waals surface area (Å²) in [5.41, 5.74) is 0.724. The van der Waals surface area contributed by atoms with Gasteiger partial charge in [0.25, 0.3) is 0 Å². The summed E-state index contributed by atoms with van der Waals surface area (Å²) < 4.78 is 15.6. The third-order valence-electron chi connectivity index (χ3n) is 3.25. The van der Waals surface area contributed by atoms with Crippen molar-refractivity contribution in [2.45, 2.75) is 5.92 Å². The Morgan fingerprint density at radius 2 is 1.91 bits per heavy atom. The topological polar surface area (TPSA) is 65.0 Å². The van der Waals surface area contributed by atoms with Crippen LogP contribution in [0.5, 0.6) is 17.2 Å². The smallest absolute Gasteiger partial charge is 0.316 e. The summed E-state index contributed by atoms with van der Waals surface area (Å²) >= 11 is 0. The zero-order chi connectivity index (χ0) is 15.9. The van der Waals surface area contributed by atoms with E-state index in [9.17, 15) is 9.90 Å². The highest BCUT2D eigenvalue weighted by Gasteiger charge is 2.23. The van der Waals surface area contributed by atoms with Crippen LogP contribution < -0.4 is 9.47 Å². The van der Waals surface area contributed by atoms with Gasteiger partial charge in [-0.2, -0.15) is 0 Å². The minimum atomic E-state index is -0.611. The predicted molar refractivity (Wildman–Crippen MR) is 81.4 cm³/mol. The molecule has 0 aliphatic rings. The number of carbonyl (C=O) groups is 1. The van der Waals surface area contributed by atoms with E-state index in [1.165, 1.54) is 13.2 Å². The molecule has 0 amide bonds. The van der Waals surface area contributed by atoms with E-state index >= 15 is 0 Å². The van der Waals surface area contributed by atoms with Gasteiger partial charge in [-0.15, -0.1) is 0 Å². The number of aromatic hydroxyl groups is 1. The van der Waals surface area contributed by atoms with E-state index in [1.54, 1.807) is 49.6 Å². The van der Waals surface area contributed by atoms with Gasteiger partial charge in [-0.05, 0) is 29.8 Å². The Morgan fingerprint density at radius 3 is 2.59 bits per heavy atom. The summed E-state index contributed by atoms with van der Waals surface area (Å²) in [6.45, 7) is 0.0530. The van der Waals surface area contributed by atoms with Crippen LogP contribution in [0.3, 0.4) is 0 Å². The van der Waals surface area contributed by atoms with Crippen LogP contribution in [-0.2, 0) is 9.53 Å². The number of carbonyl (C=O) groups excluding carboxylic acids is 1. The van der Waals surface area contributed by atoms with Crippen molar-refractivity contribution in [3.8, 4) is 17.2 Å². The third kappa shape index (κ3) is 3.69. The molecule has 2 aromatic rings. The van der Waals surface area contributed by atoms with Crippen molar-refractivity contribution in [3.05, 3.63) is 54.1 Å². The van der Waals surface area contributed by atoms with E-state index in [-0.39, 0.29) is 12.4 Å². The highest BCUT2D eigenvalue weighted by Crippen LogP contribution is 2.28. The number of benzene rings is 2. The molecule has 0 spiro atoms. The van der Waals surface area contributed by atoms with Crippen LogP contribution in [0.25, 0.3) is 0 Å². The van der Waals surface area contributed by atoms with Crippen molar-refractivity contribution < 1.29 is 24.1 Å².